The minimum atomic E-state index is -3.43. The predicted molar refractivity (Wildman–Crippen MR) is 60.6 cm³/mol. The summed E-state index contributed by atoms with van der Waals surface area (Å²) in [5, 5.41) is 0. The van der Waals surface area contributed by atoms with Crippen molar-refractivity contribution in [1.29, 1.82) is 0 Å². The molecule has 0 bridgehead atoms. The highest BCUT2D eigenvalue weighted by atomic mass is 32.2. The van der Waals surface area contributed by atoms with Crippen molar-refractivity contribution in [1.82, 2.24) is 4.31 Å². The molecule has 0 aliphatic heterocycles. The van der Waals surface area contributed by atoms with E-state index in [4.69, 9.17) is 5.73 Å². The molecule has 0 fully saturated rings. The minimum Gasteiger partial charge on any atom is -0.326 e. The first-order valence-electron chi connectivity index (χ1n) is 4.45. The van der Waals surface area contributed by atoms with Crippen LogP contribution in [0.5, 0.6) is 0 Å². The smallest absolute Gasteiger partial charge is 0.301 e. The first-order chi connectivity index (χ1) is 6.95. The fourth-order valence-electron chi connectivity index (χ4n) is 1.00. The number of nitrogens with zero attached hydrogens (tertiary/aromatic N) is 1. The molecule has 84 valence electrons. The molecule has 0 amide bonds. The Morgan fingerprint density at radius 3 is 2.60 bits per heavy atom. The summed E-state index contributed by atoms with van der Waals surface area (Å²) in [4.78, 5) is 0. The van der Waals surface area contributed by atoms with E-state index >= 15 is 0 Å². The van der Waals surface area contributed by atoms with Crippen LogP contribution in [0.4, 0.5) is 5.69 Å². The topological polar surface area (TPSA) is 75.4 Å². The summed E-state index contributed by atoms with van der Waals surface area (Å²) in [6, 6.07) is 6.99. The lowest BCUT2D eigenvalue weighted by atomic mass is 10.2. The van der Waals surface area contributed by atoms with Crippen LogP contribution in [0.1, 0.15) is 5.56 Å². The Morgan fingerprint density at radius 2 is 2.07 bits per heavy atom. The normalized spacial score (nSPS) is 11.7. The molecule has 0 aliphatic carbocycles. The van der Waals surface area contributed by atoms with Gasteiger partial charge in [-0.15, -0.1) is 0 Å². The summed E-state index contributed by atoms with van der Waals surface area (Å²) in [6.45, 7) is 0.386. The molecule has 0 unspecified atom stereocenters. The zero-order valence-electron chi connectivity index (χ0n) is 8.77. The molecular weight excluding hydrogens is 214 g/mol. The molecule has 0 heterocycles. The number of benzene rings is 1. The minimum absolute atomic E-state index is 0.386. The maximum atomic E-state index is 11.5. The highest BCUT2D eigenvalue weighted by Gasteiger charge is 2.12. The molecule has 3 N–H and O–H groups in total. The van der Waals surface area contributed by atoms with Gasteiger partial charge in [-0.1, -0.05) is 12.1 Å². The Kier molecular flexibility index (Phi) is 3.67. The maximum Gasteiger partial charge on any atom is 0.301 e. The zero-order chi connectivity index (χ0) is 11.5. The second-order valence-corrected chi connectivity index (χ2v) is 5.18. The molecule has 1 aromatic rings. The van der Waals surface area contributed by atoms with E-state index in [1.165, 1.54) is 14.1 Å². The quantitative estimate of drug-likeness (QED) is 0.783. The fraction of sp³-hybridized carbons (Fsp3) is 0.333. The summed E-state index contributed by atoms with van der Waals surface area (Å²) < 4.78 is 26.5. The van der Waals surface area contributed by atoms with Crippen LogP contribution in [0, 0.1) is 0 Å². The molecule has 0 atom stereocenters. The third-order valence-electron chi connectivity index (χ3n) is 1.89. The largest absolute Gasteiger partial charge is 0.326 e. The van der Waals surface area contributed by atoms with E-state index in [1.807, 2.05) is 6.07 Å². The molecule has 1 aromatic carbocycles. The monoisotopic (exact) mass is 229 g/mol. The third-order valence-corrected chi connectivity index (χ3v) is 3.35. The van der Waals surface area contributed by atoms with Crippen molar-refractivity contribution in [3.05, 3.63) is 29.8 Å². The van der Waals surface area contributed by atoms with Crippen LogP contribution in [0.15, 0.2) is 24.3 Å². The number of nitrogens with one attached hydrogen (secondary N) is 1. The molecule has 0 saturated heterocycles. The van der Waals surface area contributed by atoms with Gasteiger partial charge in [0.15, 0.2) is 0 Å². The van der Waals surface area contributed by atoms with E-state index in [1.54, 1.807) is 18.2 Å². The molecule has 0 aromatic heterocycles. The van der Waals surface area contributed by atoms with E-state index < -0.39 is 10.2 Å². The number of hydrogen-bond acceptors (Lipinski definition) is 3. The number of nitrogens with two attached hydrogens (primary N) is 1. The zero-order valence-corrected chi connectivity index (χ0v) is 9.58. The van der Waals surface area contributed by atoms with Crippen LogP contribution in [0.2, 0.25) is 0 Å². The van der Waals surface area contributed by atoms with Gasteiger partial charge in [-0.05, 0) is 17.7 Å². The molecule has 0 radical (unpaired) electrons. The lowest BCUT2D eigenvalue weighted by molar-refractivity contribution is 0.527. The first-order valence-corrected chi connectivity index (χ1v) is 5.89. The summed E-state index contributed by atoms with van der Waals surface area (Å²) in [5.41, 5.74) is 6.86. The van der Waals surface area contributed by atoms with E-state index in [0.717, 1.165) is 9.87 Å². The van der Waals surface area contributed by atoms with Gasteiger partial charge in [-0.3, -0.25) is 4.72 Å². The van der Waals surface area contributed by atoms with Gasteiger partial charge < -0.3 is 5.73 Å². The average molecular weight is 229 g/mol. The van der Waals surface area contributed by atoms with Gasteiger partial charge in [0.25, 0.3) is 0 Å². The number of rotatable bonds is 4. The standard InChI is InChI=1S/C9H15N3O2S/c1-12(2)15(13,14)11-9-5-3-4-8(6-9)7-10/h3-6,11H,7,10H2,1-2H3. The van der Waals surface area contributed by atoms with Gasteiger partial charge >= 0.3 is 10.2 Å². The molecule has 0 aliphatic rings. The lowest BCUT2D eigenvalue weighted by Crippen LogP contribution is -2.28. The van der Waals surface area contributed by atoms with Crippen LogP contribution in [0.25, 0.3) is 0 Å². The van der Waals surface area contributed by atoms with Crippen molar-refractivity contribution in [2.24, 2.45) is 5.73 Å². The maximum absolute atomic E-state index is 11.5. The van der Waals surface area contributed by atoms with Crippen molar-refractivity contribution >= 4 is 15.9 Å². The first kappa shape index (κ1) is 12.0. The van der Waals surface area contributed by atoms with Crippen molar-refractivity contribution < 1.29 is 8.42 Å². The summed E-state index contributed by atoms with van der Waals surface area (Å²) in [5.74, 6) is 0. The van der Waals surface area contributed by atoms with Gasteiger partial charge in [-0.2, -0.15) is 12.7 Å². The van der Waals surface area contributed by atoms with Crippen LogP contribution in [0.3, 0.4) is 0 Å². The van der Waals surface area contributed by atoms with Crippen molar-refractivity contribution in [3.63, 3.8) is 0 Å². The molecule has 15 heavy (non-hydrogen) atoms. The van der Waals surface area contributed by atoms with Gasteiger partial charge in [0.2, 0.25) is 0 Å². The molecular formula is C9H15N3O2S. The van der Waals surface area contributed by atoms with E-state index in [0.29, 0.717) is 12.2 Å². The second kappa shape index (κ2) is 4.61. The van der Waals surface area contributed by atoms with Crippen LogP contribution in [-0.2, 0) is 16.8 Å². The van der Waals surface area contributed by atoms with Gasteiger partial charge in [0, 0.05) is 20.6 Å². The molecule has 0 saturated carbocycles. The number of hydrogen-bond donors (Lipinski definition) is 2. The molecule has 6 heteroatoms. The Bertz CT molecular complexity index is 429. The summed E-state index contributed by atoms with van der Waals surface area (Å²) in [7, 11) is -0.499. The highest BCUT2D eigenvalue weighted by molar-refractivity contribution is 7.90. The van der Waals surface area contributed by atoms with Gasteiger partial charge in [0.05, 0.1) is 5.69 Å². The second-order valence-electron chi connectivity index (χ2n) is 3.29. The summed E-state index contributed by atoms with van der Waals surface area (Å²) in [6.07, 6.45) is 0. The van der Waals surface area contributed by atoms with Gasteiger partial charge in [0.1, 0.15) is 0 Å². The van der Waals surface area contributed by atoms with Crippen LogP contribution >= 0.6 is 0 Å². The van der Waals surface area contributed by atoms with Crippen molar-refractivity contribution in [3.8, 4) is 0 Å². The Hall–Kier alpha value is -1.11. The van der Waals surface area contributed by atoms with E-state index in [9.17, 15) is 8.42 Å². The van der Waals surface area contributed by atoms with Crippen molar-refractivity contribution in [2.45, 2.75) is 6.54 Å². The fourth-order valence-corrected chi connectivity index (χ4v) is 1.61. The lowest BCUT2D eigenvalue weighted by Gasteiger charge is -2.13. The summed E-state index contributed by atoms with van der Waals surface area (Å²) >= 11 is 0. The Labute approximate surface area is 90.1 Å². The highest BCUT2D eigenvalue weighted by Crippen LogP contribution is 2.12. The third kappa shape index (κ3) is 3.19. The predicted octanol–water partition coefficient (Wildman–Crippen LogP) is 0.364. The molecule has 0 spiro atoms. The Balaban J connectivity index is 2.90. The Morgan fingerprint density at radius 1 is 1.40 bits per heavy atom. The van der Waals surface area contributed by atoms with Crippen molar-refractivity contribution in [2.75, 3.05) is 18.8 Å². The molecule has 1 rings (SSSR count). The van der Waals surface area contributed by atoms with E-state index in [-0.39, 0.29) is 0 Å². The number of anilines is 1. The van der Waals surface area contributed by atoms with Gasteiger partial charge in [-0.25, -0.2) is 0 Å². The van der Waals surface area contributed by atoms with Crippen LogP contribution < -0.4 is 10.5 Å². The molecule has 5 nitrogen and oxygen atoms in total. The average Bonchev–Trinajstić information content (AvgIpc) is 2.17. The SMILES string of the molecule is CN(C)S(=O)(=O)Nc1cccc(CN)c1. The van der Waals surface area contributed by atoms with E-state index in [2.05, 4.69) is 4.72 Å². The van der Waals surface area contributed by atoms with Crippen LogP contribution in [-0.4, -0.2) is 26.8 Å².